The number of hydrogen-bond donors (Lipinski definition) is 1. The summed E-state index contributed by atoms with van der Waals surface area (Å²) < 4.78 is 0. The summed E-state index contributed by atoms with van der Waals surface area (Å²) in [6, 6.07) is 0. The lowest BCUT2D eigenvalue weighted by Gasteiger charge is -2.23. The van der Waals surface area contributed by atoms with Crippen molar-refractivity contribution in [3.63, 3.8) is 0 Å². The molecule has 0 bridgehead atoms. The minimum Gasteiger partial charge on any atom is -0.348 e. The average molecular weight is 281 g/mol. The highest BCUT2D eigenvalue weighted by molar-refractivity contribution is 7.15. The van der Waals surface area contributed by atoms with Crippen LogP contribution in [0.25, 0.3) is 0 Å². The highest BCUT2D eigenvalue weighted by Crippen LogP contribution is 2.35. The second kappa shape index (κ2) is 5.80. The van der Waals surface area contributed by atoms with Crippen molar-refractivity contribution < 1.29 is 0 Å². The van der Waals surface area contributed by atoms with Crippen molar-refractivity contribution in [3.05, 3.63) is 10.6 Å². The molecule has 19 heavy (non-hydrogen) atoms. The third kappa shape index (κ3) is 3.48. The number of nitrogens with zero attached hydrogens (tertiary/aromatic N) is 2. The van der Waals surface area contributed by atoms with Crippen molar-refractivity contribution in [2.45, 2.75) is 59.4 Å². The minimum atomic E-state index is 0.465. The van der Waals surface area contributed by atoms with Crippen LogP contribution in [0.3, 0.4) is 0 Å². The van der Waals surface area contributed by atoms with Gasteiger partial charge in [-0.05, 0) is 30.6 Å². The molecular formula is C15H27N3S. The zero-order valence-electron chi connectivity index (χ0n) is 12.7. The van der Waals surface area contributed by atoms with Gasteiger partial charge in [-0.1, -0.05) is 27.7 Å². The molecule has 0 atom stereocenters. The Morgan fingerprint density at radius 1 is 1.32 bits per heavy atom. The molecule has 1 saturated heterocycles. The van der Waals surface area contributed by atoms with E-state index in [1.54, 1.807) is 11.3 Å². The molecule has 1 aliphatic rings. The van der Waals surface area contributed by atoms with Gasteiger partial charge in [-0.25, -0.2) is 4.98 Å². The molecule has 0 radical (unpaired) electrons. The van der Waals surface area contributed by atoms with E-state index in [4.69, 9.17) is 10.7 Å². The Morgan fingerprint density at radius 3 is 2.63 bits per heavy atom. The summed E-state index contributed by atoms with van der Waals surface area (Å²) in [7, 11) is 0. The molecule has 2 heterocycles. The van der Waals surface area contributed by atoms with E-state index in [2.05, 4.69) is 32.6 Å². The Kier molecular flexibility index (Phi) is 4.51. The van der Waals surface area contributed by atoms with Gasteiger partial charge in [0.2, 0.25) is 0 Å². The van der Waals surface area contributed by atoms with E-state index >= 15 is 0 Å². The number of anilines is 1. The van der Waals surface area contributed by atoms with Crippen molar-refractivity contribution in [2.24, 2.45) is 11.1 Å². The number of thiazole rings is 1. The van der Waals surface area contributed by atoms with Crippen molar-refractivity contribution in [1.82, 2.24) is 4.98 Å². The van der Waals surface area contributed by atoms with Crippen molar-refractivity contribution in [3.8, 4) is 0 Å². The third-order valence-corrected chi connectivity index (χ3v) is 5.21. The van der Waals surface area contributed by atoms with Crippen LogP contribution in [0.1, 0.15) is 63.4 Å². The van der Waals surface area contributed by atoms with Crippen LogP contribution in [0.2, 0.25) is 0 Å². The summed E-state index contributed by atoms with van der Waals surface area (Å²) in [4.78, 5) is 8.58. The van der Waals surface area contributed by atoms with E-state index in [1.807, 2.05) is 0 Å². The monoisotopic (exact) mass is 281 g/mol. The Balaban J connectivity index is 2.17. The fourth-order valence-corrected chi connectivity index (χ4v) is 3.84. The first-order valence-corrected chi connectivity index (χ1v) is 8.19. The Labute approximate surface area is 121 Å². The predicted octanol–water partition coefficient (Wildman–Crippen LogP) is 3.74. The van der Waals surface area contributed by atoms with E-state index in [9.17, 15) is 0 Å². The molecule has 0 aliphatic carbocycles. The van der Waals surface area contributed by atoms with Gasteiger partial charge < -0.3 is 10.6 Å². The van der Waals surface area contributed by atoms with Gasteiger partial charge in [-0.15, -0.1) is 11.3 Å². The molecular weight excluding hydrogens is 254 g/mol. The summed E-state index contributed by atoms with van der Waals surface area (Å²) in [5, 5.41) is 1.18. The van der Waals surface area contributed by atoms with Crippen LogP contribution >= 0.6 is 11.3 Å². The highest BCUT2D eigenvalue weighted by Gasteiger charge is 2.25. The zero-order chi connectivity index (χ0) is 14.0. The quantitative estimate of drug-likeness (QED) is 0.917. The van der Waals surface area contributed by atoms with Crippen LogP contribution < -0.4 is 10.6 Å². The second-order valence-corrected chi connectivity index (χ2v) is 7.73. The van der Waals surface area contributed by atoms with Crippen molar-refractivity contribution >= 4 is 16.5 Å². The molecule has 1 aromatic heterocycles. The molecule has 2 rings (SSSR count). The summed E-state index contributed by atoms with van der Waals surface area (Å²) in [6.45, 7) is 12.0. The molecule has 0 unspecified atom stereocenters. The van der Waals surface area contributed by atoms with E-state index in [-0.39, 0.29) is 0 Å². The Morgan fingerprint density at radius 2 is 2.05 bits per heavy atom. The zero-order valence-corrected chi connectivity index (χ0v) is 13.5. The van der Waals surface area contributed by atoms with Gasteiger partial charge in [-0.2, -0.15) is 0 Å². The van der Waals surface area contributed by atoms with Crippen LogP contribution in [-0.2, 0) is 6.54 Å². The first kappa shape index (κ1) is 14.8. The lowest BCUT2D eigenvalue weighted by Crippen LogP contribution is -2.24. The summed E-state index contributed by atoms with van der Waals surface area (Å²) in [5.41, 5.74) is 7.53. The Bertz CT molecular complexity index is 423. The van der Waals surface area contributed by atoms with Gasteiger partial charge in [0.15, 0.2) is 5.13 Å². The minimum absolute atomic E-state index is 0.465. The second-order valence-electron chi connectivity index (χ2n) is 6.67. The van der Waals surface area contributed by atoms with Gasteiger partial charge in [0.25, 0.3) is 0 Å². The van der Waals surface area contributed by atoms with Gasteiger partial charge in [0, 0.05) is 24.5 Å². The lowest BCUT2D eigenvalue weighted by atomic mass is 9.85. The Hall–Kier alpha value is -0.610. The third-order valence-electron chi connectivity index (χ3n) is 4.06. The van der Waals surface area contributed by atoms with E-state index in [0.29, 0.717) is 17.9 Å². The van der Waals surface area contributed by atoms with Crippen LogP contribution in [0, 0.1) is 5.41 Å². The topological polar surface area (TPSA) is 42.2 Å². The fraction of sp³-hybridized carbons (Fsp3) is 0.800. The molecule has 0 aromatic carbocycles. The normalized spacial score (nSPS) is 19.8. The maximum absolute atomic E-state index is 5.86. The van der Waals surface area contributed by atoms with Gasteiger partial charge in [0.05, 0.1) is 5.69 Å². The maximum atomic E-state index is 5.86. The maximum Gasteiger partial charge on any atom is 0.185 e. The van der Waals surface area contributed by atoms with Gasteiger partial charge in [0.1, 0.15) is 0 Å². The highest BCUT2D eigenvalue weighted by atomic mass is 32.1. The summed E-state index contributed by atoms with van der Waals surface area (Å²) in [6.07, 6.45) is 3.83. The molecule has 0 saturated carbocycles. The van der Waals surface area contributed by atoms with Crippen LogP contribution in [0.15, 0.2) is 0 Å². The fourth-order valence-electron chi connectivity index (χ4n) is 2.70. The average Bonchev–Trinajstić information content (AvgIpc) is 2.69. The van der Waals surface area contributed by atoms with Crippen molar-refractivity contribution in [1.29, 1.82) is 0 Å². The molecule has 3 nitrogen and oxygen atoms in total. The molecule has 108 valence electrons. The van der Waals surface area contributed by atoms with Crippen LogP contribution in [0.4, 0.5) is 5.13 Å². The summed E-state index contributed by atoms with van der Waals surface area (Å²) in [5.74, 6) is 0.465. The standard InChI is InChI=1S/C15H27N3S/c1-11(2)13-12(10-16)19-14(17-13)18-8-5-6-15(3,4)7-9-18/h11H,5-10,16H2,1-4H3. The van der Waals surface area contributed by atoms with Crippen molar-refractivity contribution in [2.75, 3.05) is 18.0 Å². The number of rotatable bonds is 3. The SMILES string of the molecule is CC(C)c1nc(N2CCCC(C)(C)CC2)sc1CN. The molecule has 0 amide bonds. The molecule has 1 aromatic rings. The first-order valence-electron chi connectivity index (χ1n) is 7.37. The molecule has 0 spiro atoms. The smallest absolute Gasteiger partial charge is 0.185 e. The first-order chi connectivity index (χ1) is 8.93. The molecule has 1 fully saturated rings. The van der Waals surface area contributed by atoms with Gasteiger partial charge >= 0.3 is 0 Å². The largest absolute Gasteiger partial charge is 0.348 e. The van der Waals surface area contributed by atoms with E-state index in [1.165, 1.54) is 35.0 Å². The number of hydrogen-bond acceptors (Lipinski definition) is 4. The van der Waals surface area contributed by atoms with Crippen LogP contribution in [0.5, 0.6) is 0 Å². The van der Waals surface area contributed by atoms with Gasteiger partial charge in [-0.3, -0.25) is 0 Å². The molecule has 2 N–H and O–H groups in total. The van der Waals surface area contributed by atoms with E-state index in [0.717, 1.165) is 13.1 Å². The molecule has 4 heteroatoms. The van der Waals surface area contributed by atoms with Crippen LogP contribution in [-0.4, -0.2) is 18.1 Å². The number of nitrogens with two attached hydrogens (primary N) is 1. The summed E-state index contributed by atoms with van der Waals surface area (Å²) >= 11 is 1.79. The lowest BCUT2D eigenvalue weighted by molar-refractivity contribution is 0.325. The molecule has 1 aliphatic heterocycles. The predicted molar refractivity (Wildman–Crippen MR) is 83.9 cm³/mol. The number of aromatic nitrogens is 1. The van der Waals surface area contributed by atoms with E-state index < -0.39 is 0 Å².